The van der Waals surface area contributed by atoms with Crippen LogP contribution in [-0.4, -0.2) is 30.5 Å². The lowest BCUT2D eigenvalue weighted by atomic mass is 10.3. The summed E-state index contributed by atoms with van der Waals surface area (Å²) in [6.07, 6.45) is 1.64. The molecule has 0 saturated heterocycles. The number of amides is 1. The van der Waals surface area contributed by atoms with E-state index in [1.165, 1.54) is 0 Å². The Hall–Kier alpha value is -2.67. The molecule has 2 heterocycles. The highest BCUT2D eigenvalue weighted by molar-refractivity contribution is 6.32. The van der Waals surface area contributed by atoms with Gasteiger partial charge in [0.1, 0.15) is 11.6 Å². The molecule has 0 aliphatic heterocycles. The molecule has 0 radical (unpaired) electrons. The molecule has 24 heavy (non-hydrogen) atoms. The molecule has 1 N–H and O–H groups in total. The molecule has 3 aromatic rings. The molecule has 124 valence electrons. The summed E-state index contributed by atoms with van der Waals surface area (Å²) in [6, 6.07) is 9.13. The largest absolute Gasteiger partial charge is 0.304 e. The van der Waals surface area contributed by atoms with Gasteiger partial charge in [-0.3, -0.25) is 4.79 Å². The number of carbonyl (C=O) groups excluding carboxylic acids is 1. The van der Waals surface area contributed by atoms with Gasteiger partial charge in [-0.1, -0.05) is 23.7 Å². The minimum Gasteiger partial charge on any atom is -0.304 e. The number of anilines is 1. The van der Waals surface area contributed by atoms with Gasteiger partial charge in [0.2, 0.25) is 5.82 Å². The van der Waals surface area contributed by atoms with Crippen LogP contribution in [0.15, 0.2) is 36.5 Å². The fourth-order valence-corrected chi connectivity index (χ4v) is 2.55. The summed E-state index contributed by atoms with van der Waals surface area (Å²) in [5.41, 5.74) is 0.676. The highest BCUT2D eigenvalue weighted by Gasteiger charge is 2.18. The summed E-state index contributed by atoms with van der Waals surface area (Å²) in [6.45, 7) is 5.74. The minimum absolute atomic E-state index is 0.0731. The normalized spacial score (nSPS) is 11.0. The number of hydrogen-bond acceptors (Lipinski definition) is 4. The van der Waals surface area contributed by atoms with Crippen molar-refractivity contribution in [2.75, 3.05) is 5.32 Å². The number of hydrogen-bond donors (Lipinski definition) is 1. The number of halogens is 1. The average molecular weight is 345 g/mol. The standard InChI is InChI=1S/C16H17ClN6O/c1-10(2)22-14(8-9-18-22)20-16(24)15-19-11(3)23(21-15)13-7-5-4-6-12(13)17/h4-10H,1-3H3,(H,20,24). The van der Waals surface area contributed by atoms with E-state index in [1.807, 2.05) is 32.0 Å². The summed E-state index contributed by atoms with van der Waals surface area (Å²) in [7, 11) is 0. The molecule has 2 aromatic heterocycles. The Labute approximate surface area is 144 Å². The maximum Gasteiger partial charge on any atom is 0.296 e. The van der Waals surface area contributed by atoms with Crippen LogP contribution >= 0.6 is 11.6 Å². The lowest BCUT2D eigenvalue weighted by molar-refractivity contribution is 0.101. The fourth-order valence-electron chi connectivity index (χ4n) is 2.33. The number of carbonyl (C=O) groups is 1. The van der Waals surface area contributed by atoms with Gasteiger partial charge in [-0.15, -0.1) is 5.10 Å². The van der Waals surface area contributed by atoms with Crippen molar-refractivity contribution in [2.24, 2.45) is 0 Å². The highest BCUT2D eigenvalue weighted by atomic mass is 35.5. The highest BCUT2D eigenvalue weighted by Crippen LogP contribution is 2.20. The zero-order valence-electron chi connectivity index (χ0n) is 13.6. The Morgan fingerprint density at radius 2 is 2.00 bits per heavy atom. The van der Waals surface area contributed by atoms with Gasteiger partial charge < -0.3 is 5.32 Å². The Balaban J connectivity index is 1.88. The van der Waals surface area contributed by atoms with E-state index < -0.39 is 5.91 Å². The number of nitrogens with zero attached hydrogens (tertiary/aromatic N) is 5. The second kappa shape index (κ2) is 6.45. The van der Waals surface area contributed by atoms with Gasteiger partial charge in [0, 0.05) is 12.1 Å². The van der Waals surface area contributed by atoms with Gasteiger partial charge in [0.15, 0.2) is 0 Å². The van der Waals surface area contributed by atoms with Gasteiger partial charge in [0.25, 0.3) is 5.91 Å². The Morgan fingerprint density at radius 3 is 2.71 bits per heavy atom. The Kier molecular flexibility index (Phi) is 4.35. The van der Waals surface area contributed by atoms with Gasteiger partial charge in [-0.05, 0) is 32.9 Å². The summed E-state index contributed by atoms with van der Waals surface area (Å²) in [5.74, 6) is 0.850. The third kappa shape index (κ3) is 3.03. The van der Waals surface area contributed by atoms with E-state index in [2.05, 4.69) is 20.5 Å². The van der Waals surface area contributed by atoms with Crippen LogP contribution < -0.4 is 5.32 Å². The van der Waals surface area contributed by atoms with Crippen molar-refractivity contribution in [3.63, 3.8) is 0 Å². The van der Waals surface area contributed by atoms with Gasteiger partial charge in [0.05, 0.1) is 16.9 Å². The topological polar surface area (TPSA) is 77.6 Å². The number of benzene rings is 1. The van der Waals surface area contributed by atoms with Crippen molar-refractivity contribution >= 4 is 23.3 Å². The molecule has 8 heteroatoms. The van der Waals surface area contributed by atoms with Crippen molar-refractivity contribution in [2.45, 2.75) is 26.8 Å². The number of para-hydroxylation sites is 1. The number of aryl methyl sites for hydroxylation is 1. The zero-order valence-corrected chi connectivity index (χ0v) is 14.3. The van der Waals surface area contributed by atoms with Crippen LogP contribution in [0.2, 0.25) is 5.02 Å². The molecular formula is C16H17ClN6O. The Morgan fingerprint density at radius 1 is 1.25 bits per heavy atom. The summed E-state index contributed by atoms with van der Waals surface area (Å²) >= 11 is 6.19. The molecule has 1 amide bonds. The van der Waals surface area contributed by atoms with Crippen molar-refractivity contribution in [3.05, 3.63) is 53.2 Å². The zero-order chi connectivity index (χ0) is 17.3. The predicted octanol–water partition coefficient (Wildman–Crippen LogP) is 3.26. The summed E-state index contributed by atoms with van der Waals surface area (Å²) in [5, 5.41) is 11.8. The average Bonchev–Trinajstić information content (AvgIpc) is 3.14. The molecule has 0 saturated carbocycles. The predicted molar refractivity (Wildman–Crippen MR) is 91.7 cm³/mol. The van der Waals surface area contributed by atoms with E-state index >= 15 is 0 Å². The molecule has 0 spiro atoms. The molecule has 7 nitrogen and oxygen atoms in total. The molecule has 3 rings (SSSR count). The molecule has 0 aliphatic carbocycles. The van der Waals surface area contributed by atoms with E-state index in [0.29, 0.717) is 22.4 Å². The maximum absolute atomic E-state index is 12.4. The van der Waals surface area contributed by atoms with Gasteiger partial charge >= 0.3 is 0 Å². The quantitative estimate of drug-likeness (QED) is 0.788. The van der Waals surface area contributed by atoms with Crippen molar-refractivity contribution in [1.29, 1.82) is 0 Å². The first-order valence-electron chi connectivity index (χ1n) is 7.51. The molecular weight excluding hydrogens is 328 g/mol. The first-order chi connectivity index (χ1) is 11.5. The maximum atomic E-state index is 12.4. The minimum atomic E-state index is -0.397. The summed E-state index contributed by atoms with van der Waals surface area (Å²) in [4.78, 5) is 16.7. The van der Waals surface area contributed by atoms with Crippen LogP contribution in [0.1, 0.15) is 36.3 Å². The first-order valence-corrected chi connectivity index (χ1v) is 7.88. The van der Waals surface area contributed by atoms with Crippen LogP contribution in [0.25, 0.3) is 5.69 Å². The third-order valence-electron chi connectivity index (χ3n) is 3.45. The van der Waals surface area contributed by atoms with Crippen molar-refractivity contribution in [1.82, 2.24) is 24.5 Å². The van der Waals surface area contributed by atoms with Gasteiger partial charge in [-0.2, -0.15) is 5.10 Å². The van der Waals surface area contributed by atoms with Crippen LogP contribution in [0.5, 0.6) is 0 Å². The van der Waals surface area contributed by atoms with Gasteiger partial charge in [-0.25, -0.2) is 14.3 Å². The van der Waals surface area contributed by atoms with Crippen LogP contribution in [0.3, 0.4) is 0 Å². The molecule has 0 aliphatic rings. The van der Waals surface area contributed by atoms with Crippen LogP contribution in [0.4, 0.5) is 5.82 Å². The van der Waals surface area contributed by atoms with Crippen molar-refractivity contribution < 1.29 is 4.79 Å². The molecule has 0 fully saturated rings. The lowest BCUT2D eigenvalue weighted by Crippen LogP contribution is -2.18. The van der Waals surface area contributed by atoms with E-state index in [9.17, 15) is 4.79 Å². The van der Waals surface area contributed by atoms with Crippen LogP contribution in [0, 0.1) is 6.92 Å². The summed E-state index contributed by atoms with van der Waals surface area (Å²) < 4.78 is 3.27. The molecule has 0 atom stereocenters. The Bertz CT molecular complexity index is 882. The van der Waals surface area contributed by atoms with E-state index in [0.717, 1.165) is 0 Å². The molecule has 1 aromatic carbocycles. The first kappa shape index (κ1) is 16.2. The lowest BCUT2D eigenvalue weighted by Gasteiger charge is -2.10. The van der Waals surface area contributed by atoms with E-state index in [4.69, 9.17) is 11.6 Å². The second-order valence-electron chi connectivity index (χ2n) is 5.55. The fraction of sp³-hybridized carbons (Fsp3) is 0.250. The number of nitrogens with one attached hydrogen (secondary N) is 1. The number of aromatic nitrogens is 5. The number of rotatable bonds is 4. The van der Waals surface area contributed by atoms with E-state index in [-0.39, 0.29) is 11.9 Å². The smallest absolute Gasteiger partial charge is 0.296 e. The molecule has 0 unspecified atom stereocenters. The SMILES string of the molecule is Cc1nc(C(=O)Nc2ccnn2C(C)C)nn1-c1ccccc1Cl. The monoisotopic (exact) mass is 344 g/mol. The van der Waals surface area contributed by atoms with Crippen LogP contribution in [-0.2, 0) is 0 Å². The van der Waals surface area contributed by atoms with Crippen molar-refractivity contribution in [3.8, 4) is 5.69 Å². The molecule has 0 bridgehead atoms. The van der Waals surface area contributed by atoms with E-state index in [1.54, 1.807) is 34.6 Å². The third-order valence-corrected chi connectivity index (χ3v) is 3.77. The second-order valence-corrected chi connectivity index (χ2v) is 5.96.